The Morgan fingerprint density at radius 1 is 0.564 bits per heavy atom. The number of aliphatic hydroxyl groups excluding tert-OH is 3. The van der Waals surface area contributed by atoms with Crippen LogP contribution in [0.1, 0.15) is 163 Å². The number of rotatable bonds is 25. The molecule has 5 N–H and O–H groups in total. The summed E-state index contributed by atoms with van der Waals surface area (Å²) in [6.07, 6.45) is 37.8. The molecular weight excluding hydrogens is 689 g/mol. The lowest BCUT2D eigenvalue weighted by Crippen LogP contribution is -1.94. The second-order valence-electron chi connectivity index (χ2n) is 16.1. The van der Waals surface area contributed by atoms with Crippen molar-refractivity contribution in [3.63, 3.8) is 0 Å². The summed E-state index contributed by atoms with van der Waals surface area (Å²) in [6, 6.07) is 0. The van der Waals surface area contributed by atoms with Crippen molar-refractivity contribution in [2.24, 2.45) is 35.5 Å². The summed E-state index contributed by atoms with van der Waals surface area (Å²) in [7, 11) is 0. The molecule has 0 heterocycles. The van der Waals surface area contributed by atoms with Crippen molar-refractivity contribution < 1.29 is 35.1 Å². The van der Waals surface area contributed by atoms with Crippen molar-refractivity contribution in [3.05, 3.63) is 48.6 Å². The van der Waals surface area contributed by atoms with Gasteiger partial charge in [-0.2, -0.15) is 0 Å². The van der Waals surface area contributed by atoms with Crippen LogP contribution >= 0.6 is 0 Å². The highest BCUT2D eigenvalue weighted by Gasteiger charge is 2.36. The van der Waals surface area contributed by atoms with Gasteiger partial charge in [0.15, 0.2) is 0 Å². The first-order valence-corrected chi connectivity index (χ1v) is 21.6. The Balaban J connectivity index is 0.000000413. The van der Waals surface area contributed by atoms with Gasteiger partial charge in [0.05, 0.1) is 6.10 Å². The zero-order chi connectivity index (χ0) is 40.7. The van der Waals surface area contributed by atoms with E-state index in [9.17, 15) is 9.59 Å². The van der Waals surface area contributed by atoms with Gasteiger partial charge in [0.1, 0.15) is 12.2 Å². The Morgan fingerprint density at radius 3 is 1.31 bits per heavy atom. The molecule has 0 aromatic heterocycles. The monoisotopic (exact) mass is 765 g/mol. The Labute approximate surface area is 334 Å². The van der Waals surface area contributed by atoms with E-state index < -0.39 is 24.1 Å². The molecule has 0 saturated heterocycles. The maximum atomic E-state index is 10.4. The molecule has 9 atom stereocenters. The first-order chi connectivity index (χ1) is 26.4. The van der Waals surface area contributed by atoms with Crippen LogP contribution in [0.15, 0.2) is 48.6 Å². The summed E-state index contributed by atoms with van der Waals surface area (Å²) in [5.74, 6) is 15.0. The number of carbonyl (C=O) groups is 2. The number of hydrogen-bond donors (Lipinski definition) is 5. The maximum Gasteiger partial charge on any atom is 0.303 e. The van der Waals surface area contributed by atoms with Crippen molar-refractivity contribution in [2.75, 3.05) is 0 Å². The van der Waals surface area contributed by atoms with Crippen LogP contribution in [-0.4, -0.2) is 55.8 Å². The summed E-state index contributed by atoms with van der Waals surface area (Å²) in [5, 5.41) is 44.0. The number of aliphatic hydroxyl groups is 3. The third-order valence-corrected chi connectivity index (χ3v) is 10.6. The average molecular weight is 765 g/mol. The molecular formula is C48H76O7. The van der Waals surface area contributed by atoms with E-state index in [1.54, 1.807) is 26.8 Å². The largest absolute Gasteiger partial charge is 0.481 e. The van der Waals surface area contributed by atoms with Crippen molar-refractivity contribution in [2.45, 2.75) is 181 Å². The second-order valence-corrected chi connectivity index (χ2v) is 16.1. The second kappa shape index (κ2) is 32.0. The van der Waals surface area contributed by atoms with Crippen LogP contribution in [0.3, 0.4) is 0 Å². The molecule has 3 fully saturated rings. The SMILES string of the molecule is CC(O)C#C/C=C\CC[C@H]1C[C@H]1CCCCC(=O)O.CC(O)C#C/C=C\CC[C@H]1C[C@H]1CCCCC(=O)O.CCCCC[C@@H]1C[C@@H]1CC/C=C\C=C\[C@@H](C)O. The van der Waals surface area contributed by atoms with Crippen LogP contribution in [0.2, 0.25) is 0 Å². The minimum atomic E-state index is -0.684. The lowest BCUT2D eigenvalue weighted by atomic mass is 10.1. The van der Waals surface area contributed by atoms with Gasteiger partial charge < -0.3 is 25.5 Å². The molecule has 3 saturated carbocycles. The number of unbranched alkanes of at least 4 members (excludes halogenated alkanes) is 4. The van der Waals surface area contributed by atoms with Gasteiger partial charge in [-0.3, -0.25) is 9.59 Å². The minimum Gasteiger partial charge on any atom is -0.481 e. The number of carboxylic acids is 2. The van der Waals surface area contributed by atoms with Crippen LogP contribution in [0.5, 0.6) is 0 Å². The predicted octanol–water partition coefficient (Wildman–Crippen LogP) is 10.5. The van der Waals surface area contributed by atoms with Gasteiger partial charge in [-0.25, -0.2) is 0 Å². The van der Waals surface area contributed by atoms with E-state index in [-0.39, 0.29) is 6.10 Å². The van der Waals surface area contributed by atoms with Gasteiger partial charge in [-0.15, -0.1) is 0 Å². The van der Waals surface area contributed by atoms with E-state index in [0.717, 1.165) is 74.0 Å². The van der Waals surface area contributed by atoms with E-state index in [0.29, 0.717) is 12.8 Å². The van der Waals surface area contributed by atoms with Crippen LogP contribution in [0.4, 0.5) is 0 Å². The highest BCUT2D eigenvalue weighted by atomic mass is 16.4. The number of allylic oxidation sites excluding steroid dienone is 7. The zero-order valence-electron chi connectivity index (χ0n) is 34.7. The van der Waals surface area contributed by atoms with Gasteiger partial charge in [0, 0.05) is 12.8 Å². The predicted molar refractivity (Wildman–Crippen MR) is 226 cm³/mol. The fourth-order valence-corrected chi connectivity index (χ4v) is 7.03. The standard InChI is InChI=1S/2C16H24O3.C16H28O/c2*1-13(17)8-4-2-3-5-9-14-12-15(14)10-6-7-11-16(18)19;1-3-4-7-11-15-13-16(15)12-9-6-5-8-10-14(2)17/h2*2-3,13-15,17H,5-7,9-12H2,1H3,(H,18,19);5-6,8,10,14-17H,3-4,7,9,11-13H2,1-2H3/b2*3-2-;6-5-,10-8+/t2*13?,14-,15+;14-,15-,16+/m001/s1. The van der Waals surface area contributed by atoms with Crippen LogP contribution < -0.4 is 0 Å². The molecule has 3 rings (SSSR count). The molecule has 3 aliphatic rings. The molecule has 3 aliphatic carbocycles. The number of carboxylic acid groups (broad SMARTS) is 2. The third-order valence-electron chi connectivity index (χ3n) is 10.6. The summed E-state index contributed by atoms with van der Waals surface area (Å²) < 4.78 is 0. The molecule has 55 heavy (non-hydrogen) atoms. The van der Waals surface area contributed by atoms with Crippen molar-refractivity contribution >= 4 is 11.9 Å². The summed E-state index contributed by atoms with van der Waals surface area (Å²) >= 11 is 0. The van der Waals surface area contributed by atoms with E-state index in [1.807, 2.05) is 18.2 Å². The lowest BCUT2D eigenvalue weighted by Gasteiger charge is -1.98. The molecule has 0 radical (unpaired) electrons. The quantitative estimate of drug-likeness (QED) is 0.0355. The number of aliphatic carboxylic acids is 2. The Morgan fingerprint density at radius 2 is 0.945 bits per heavy atom. The molecule has 0 aromatic carbocycles. The summed E-state index contributed by atoms with van der Waals surface area (Å²) in [6.45, 7) is 7.35. The van der Waals surface area contributed by atoms with E-state index in [2.05, 4.69) is 54.9 Å². The van der Waals surface area contributed by atoms with Crippen molar-refractivity contribution in [3.8, 4) is 23.7 Å². The fourth-order valence-electron chi connectivity index (χ4n) is 7.03. The van der Waals surface area contributed by atoms with Gasteiger partial charge in [0.25, 0.3) is 0 Å². The van der Waals surface area contributed by atoms with Crippen LogP contribution in [-0.2, 0) is 9.59 Å². The minimum absolute atomic E-state index is 0.308. The highest BCUT2D eigenvalue weighted by molar-refractivity contribution is 5.66. The van der Waals surface area contributed by atoms with Gasteiger partial charge >= 0.3 is 11.9 Å². The van der Waals surface area contributed by atoms with E-state index >= 15 is 0 Å². The Bertz CT molecular complexity index is 1200. The molecule has 0 bridgehead atoms. The fraction of sp³-hybridized carbons (Fsp3) is 0.708. The molecule has 7 nitrogen and oxygen atoms in total. The third kappa shape index (κ3) is 32.8. The van der Waals surface area contributed by atoms with Crippen molar-refractivity contribution in [1.29, 1.82) is 0 Å². The molecule has 7 heteroatoms. The van der Waals surface area contributed by atoms with Crippen molar-refractivity contribution in [1.82, 2.24) is 0 Å². The van der Waals surface area contributed by atoms with Crippen LogP contribution in [0, 0.1) is 59.2 Å². The maximum absolute atomic E-state index is 10.4. The van der Waals surface area contributed by atoms with Crippen LogP contribution in [0.25, 0.3) is 0 Å². The molecule has 0 aromatic rings. The van der Waals surface area contributed by atoms with E-state index in [1.165, 1.54) is 83.5 Å². The molecule has 0 amide bonds. The lowest BCUT2D eigenvalue weighted by molar-refractivity contribution is -0.138. The van der Waals surface area contributed by atoms with Gasteiger partial charge in [-0.1, -0.05) is 118 Å². The summed E-state index contributed by atoms with van der Waals surface area (Å²) in [5.41, 5.74) is 0. The van der Waals surface area contributed by atoms with Gasteiger partial charge in [0.2, 0.25) is 0 Å². The molecule has 0 spiro atoms. The molecule has 2 unspecified atom stereocenters. The topological polar surface area (TPSA) is 135 Å². The number of hydrogen-bond acceptors (Lipinski definition) is 5. The molecule has 310 valence electrons. The van der Waals surface area contributed by atoms with E-state index in [4.69, 9.17) is 25.5 Å². The average Bonchev–Trinajstić information content (AvgIpc) is 4.05. The first-order valence-electron chi connectivity index (χ1n) is 21.6. The smallest absolute Gasteiger partial charge is 0.303 e. The summed E-state index contributed by atoms with van der Waals surface area (Å²) in [4.78, 5) is 20.7. The zero-order valence-corrected chi connectivity index (χ0v) is 34.7. The van der Waals surface area contributed by atoms with Gasteiger partial charge in [-0.05, 0) is 139 Å². The Hall–Kier alpha value is -3.10. The first kappa shape index (κ1) is 49.9. The normalized spacial score (nSPS) is 23.8. The highest BCUT2D eigenvalue weighted by Crippen LogP contribution is 2.47. The Kier molecular flexibility index (Phi) is 29.1. The molecule has 0 aliphatic heterocycles.